The van der Waals surface area contributed by atoms with Gasteiger partial charge in [-0.3, -0.25) is 0 Å². The molecular formula is C10H20O4. The lowest BCUT2D eigenvalue weighted by Crippen LogP contribution is -2.47. The zero-order valence-corrected chi connectivity index (χ0v) is 8.39. The van der Waals surface area contributed by atoms with Gasteiger partial charge < -0.3 is 20.4 Å². The molecule has 0 bridgehead atoms. The van der Waals surface area contributed by atoms with Crippen molar-refractivity contribution in [2.24, 2.45) is 17.3 Å². The van der Waals surface area contributed by atoms with E-state index < -0.39 is 5.41 Å². The molecule has 2 atom stereocenters. The minimum atomic E-state index is -0.597. The van der Waals surface area contributed by atoms with Crippen molar-refractivity contribution in [3.05, 3.63) is 0 Å². The molecule has 4 nitrogen and oxygen atoms in total. The average Bonchev–Trinajstić information content (AvgIpc) is 2.27. The van der Waals surface area contributed by atoms with Crippen molar-refractivity contribution < 1.29 is 20.4 Å². The number of aliphatic hydroxyl groups is 4. The van der Waals surface area contributed by atoms with Crippen LogP contribution in [-0.2, 0) is 0 Å². The number of aliphatic hydroxyl groups excluding tert-OH is 4. The van der Waals surface area contributed by atoms with Crippen LogP contribution in [-0.4, -0.2) is 46.9 Å². The molecule has 0 saturated heterocycles. The maximum absolute atomic E-state index is 9.30. The zero-order chi connectivity index (χ0) is 10.6. The predicted molar refractivity (Wildman–Crippen MR) is 51.6 cm³/mol. The van der Waals surface area contributed by atoms with E-state index in [9.17, 15) is 15.3 Å². The highest BCUT2D eigenvalue weighted by Gasteiger charge is 2.44. The molecule has 4 N–H and O–H groups in total. The summed E-state index contributed by atoms with van der Waals surface area (Å²) in [7, 11) is 0. The lowest BCUT2D eigenvalue weighted by molar-refractivity contribution is -0.0814. The number of rotatable bonds is 4. The third-order valence-corrected chi connectivity index (χ3v) is 3.67. The molecule has 1 fully saturated rings. The normalized spacial score (nSPS) is 31.7. The monoisotopic (exact) mass is 204 g/mol. The van der Waals surface area contributed by atoms with Crippen LogP contribution in [0, 0.1) is 17.3 Å². The standard InChI is InChI=1S/C10H20O4/c11-4-8-2-1-3-10(6-13,7-14)9(8)5-12/h8-9,11-14H,1-7H2. The lowest BCUT2D eigenvalue weighted by Gasteiger charge is -2.45. The highest BCUT2D eigenvalue weighted by molar-refractivity contribution is 4.92. The molecule has 0 heterocycles. The highest BCUT2D eigenvalue weighted by Crippen LogP contribution is 2.43. The topological polar surface area (TPSA) is 80.9 Å². The summed E-state index contributed by atoms with van der Waals surface area (Å²) in [5.41, 5.74) is -0.597. The van der Waals surface area contributed by atoms with Crippen LogP contribution in [0.4, 0.5) is 0 Å². The second-order valence-electron chi connectivity index (χ2n) is 4.30. The molecular weight excluding hydrogens is 184 g/mol. The summed E-state index contributed by atoms with van der Waals surface area (Å²) in [6.45, 7) is -0.296. The first-order valence-corrected chi connectivity index (χ1v) is 5.17. The van der Waals surface area contributed by atoms with Gasteiger partial charge in [0.2, 0.25) is 0 Å². The second kappa shape index (κ2) is 5.07. The predicted octanol–water partition coefficient (Wildman–Crippen LogP) is -0.642. The lowest BCUT2D eigenvalue weighted by atomic mass is 9.62. The highest BCUT2D eigenvalue weighted by atomic mass is 16.3. The van der Waals surface area contributed by atoms with Crippen LogP contribution in [0.1, 0.15) is 19.3 Å². The van der Waals surface area contributed by atoms with Crippen molar-refractivity contribution in [1.82, 2.24) is 0 Å². The Labute approximate surface area is 84.2 Å². The van der Waals surface area contributed by atoms with Gasteiger partial charge in [-0.1, -0.05) is 6.42 Å². The van der Waals surface area contributed by atoms with Crippen molar-refractivity contribution >= 4 is 0 Å². The Hall–Kier alpha value is -0.160. The van der Waals surface area contributed by atoms with Crippen LogP contribution in [0.2, 0.25) is 0 Å². The molecule has 0 aromatic carbocycles. The van der Waals surface area contributed by atoms with Gasteiger partial charge >= 0.3 is 0 Å². The van der Waals surface area contributed by atoms with Crippen LogP contribution in [0.25, 0.3) is 0 Å². The van der Waals surface area contributed by atoms with Crippen molar-refractivity contribution in [1.29, 1.82) is 0 Å². The van der Waals surface area contributed by atoms with Gasteiger partial charge in [0.15, 0.2) is 0 Å². The Balaban J connectivity index is 2.80. The first kappa shape index (κ1) is 11.9. The quantitative estimate of drug-likeness (QED) is 0.491. The molecule has 84 valence electrons. The fourth-order valence-corrected chi connectivity index (χ4v) is 2.61. The van der Waals surface area contributed by atoms with Crippen LogP contribution in [0.3, 0.4) is 0 Å². The molecule has 0 aromatic rings. The molecule has 2 unspecified atom stereocenters. The van der Waals surface area contributed by atoms with E-state index in [1.54, 1.807) is 0 Å². The number of hydrogen-bond donors (Lipinski definition) is 4. The molecule has 1 saturated carbocycles. The van der Waals surface area contributed by atoms with Gasteiger partial charge in [0.25, 0.3) is 0 Å². The number of hydrogen-bond acceptors (Lipinski definition) is 4. The molecule has 1 rings (SSSR count). The molecule has 14 heavy (non-hydrogen) atoms. The molecule has 0 radical (unpaired) electrons. The van der Waals surface area contributed by atoms with E-state index in [0.29, 0.717) is 0 Å². The summed E-state index contributed by atoms with van der Waals surface area (Å²) >= 11 is 0. The fourth-order valence-electron chi connectivity index (χ4n) is 2.61. The minimum absolute atomic E-state index is 0.00745. The Morgan fingerprint density at radius 1 is 1.00 bits per heavy atom. The molecule has 0 aromatic heterocycles. The van der Waals surface area contributed by atoms with E-state index in [2.05, 4.69) is 0 Å². The molecule has 1 aliphatic carbocycles. The third-order valence-electron chi connectivity index (χ3n) is 3.67. The molecule has 0 aliphatic heterocycles. The third kappa shape index (κ3) is 1.93. The van der Waals surface area contributed by atoms with E-state index in [0.717, 1.165) is 19.3 Å². The van der Waals surface area contributed by atoms with E-state index in [-0.39, 0.29) is 38.3 Å². The van der Waals surface area contributed by atoms with Gasteiger partial charge in [-0.2, -0.15) is 0 Å². The van der Waals surface area contributed by atoms with Gasteiger partial charge in [0.1, 0.15) is 0 Å². The smallest absolute Gasteiger partial charge is 0.0513 e. The zero-order valence-electron chi connectivity index (χ0n) is 8.39. The van der Waals surface area contributed by atoms with Gasteiger partial charge in [0.05, 0.1) is 13.2 Å². The van der Waals surface area contributed by atoms with Crippen molar-refractivity contribution in [3.63, 3.8) is 0 Å². The minimum Gasteiger partial charge on any atom is -0.396 e. The maximum Gasteiger partial charge on any atom is 0.0513 e. The van der Waals surface area contributed by atoms with Crippen LogP contribution < -0.4 is 0 Å². The second-order valence-corrected chi connectivity index (χ2v) is 4.30. The van der Waals surface area contributed by atoms with Crippen LogP contribution in [0.5, 0.6) is 0 Å². The van der Waals surface area contributed by atoms with Gasteiger partial charge in [-0.05, 0) is 24.7 Å². The summed E-state index contributed by atoms with van der Waals surface area (Å²) in [4.78, 5) is 0. The van der Waals surface area contributed by atoms with Gasteiger partial charge in [-0.25, -0.2) is 0 Å². The molecule has 0 spiro atoms. The molecule has 0 amide bonds. The Morgan fingerprint density at radius 2 is 1.64 bits per heavy atom. The van der Waals surface area contributed by atoms with E-state index >= 15 is 0 Å². The molecule has 1 aliphatic rings. The fraction of sp³-hybridized carbons (Fsp3) is 1.00. The SMILES string of the molecule is OCC1CCCC(CO)(CO)C1CO. The molecule has 4 heteroatoms. The van der Waals surface area contributed by atoms with E-state index in [1.165, 1.54) is 0 Å². The summed E-state index contributed by atoms with van der Waals surface area (Å²) < 4.78 is 0. The van der Waals surface area contributed by atoms with Crippen LogP contribution >= 0.6 is 0 Å². The van der Waals surface area contributed by atoms with Crippen molar-refractivity contribution in [2.45, 2.75) is 19.3 Å². The van der Waals surface area contributed by atoms with Crippen molar-refractivity contribution in [3.8, 4) is 0 Å². The van der Waals surface area contributed by atoms with Crippen molar-refractivity contribution in [2.75, 3.05) is 26.4 Å². The Bertz CT molecular complexity index is 168. The largest absolute Gasteiger partial charge is 0.396 e. The first-order valence-electron chi connectivity index (χ1n) is 5.17. The summed E-state index contributed by atoms with van der Waals surface area (Å²) in [6.07, 6.45) is 2.48. The maximum atomic E-state index is 9.30. The van der Waals surface area contributed by atoms with Gasteiger partial charge in [-0.15, -0.1) is 0 Å². The average molecular weight is 204 g/mol. The Kier molecular flexibility index (Phi) is 4.31. The summed E-state index contributed by atoms with van der Waals surface area (Å²) in [6, 6.07) is 0. The van der Waals surface area contributed by atoms with Crippen LogP contribution in [0.15, 0.2) is 0 Å². The summed E-state index contributed by atoms with van der Waals surface area (Å²) in [5, 5.41) is 37.0. The van der Waals surface area contributed by atoms with E-state index in [4.69, 9.17) is 5.11 Å². The first-order chi connectivity index (χ1) is 6.74. The Morgan fingerprint density at radius 3 is 2.07 bits per heavy atom. The van der Waals surface area contributed by atoms with E-state index in [1.807, 2.05) is 0 Å². The van der Waals surface area contributed by atoms with Gasteiger partial charge in [0, 0.05) is 18.6 Å². The summed E-state index contributed by atoms with van der Waals surface area (Å²) in [5.74, 6) is -0.177.